The van der Waals surface area contributed by atoms with E-state index in [1.165, 1.54) is 0 Å². The molecule has 26 heavy (non-hydrogen) atoms. The summed E-state index contributed by atoms with van der Waals surface area (Å²) in [5.74, 6) is 0.515. The third-order valence-electron chi connectivity index (χ3n) is 4.50. The zero-order valence-electron chi connectivity index (χ0n) is 15.3. The quantitative estimate of drug-likeness (QED) is 0.522. The molecule has 0 spiro atoms. The number of aromatic nitrogens is 4. The molecule has 3 rings (SSSR count). The zero-order chi connectivity index (χ0) is 18.2. The van der Waals surface area contributed by atoms with Gasteiger partial charge in [0.25, 0.3) is 0 Å². The lowest BCUT2D eigenvalue weighted by molar-refractivity contribution is 0.0511. The van der Waals surface area contributed by atoms with Gasteiger partial charge in [-0.25, -0.2) is 14.8 Å². The first-order valence-corrected chi connectivity index (χ1v) is 9.21. The summed E-state index contributed by atoms with van der Waals surface area (Å²) in [6.07, 6.45) is 7.28. The minimum atomic E-state index is -0.302. The highest BCUT2D eigenvalue weighted by Crippen LogP contribution is 2.11. The first-order valence-electron chi connectivity index (χ1n) is 9.21. The Kier molecular flexibility index (Phi) is 6.54. The lowest BCUT2D eigenvalue weighted by atomic mass is 10.2. The molecule has 2 aromatic rings. The largest absolute Gasteiger partial charge is 0.461 e. The van der Waals surface area contributed by atoms with E-state index in [2.05, 4.69) is 24.9 Å². The predicted molar refractivity (Wildman–Crippen MR) is 98.1 cm³/mol. The van der Waals surface area contributed by atoms with Crippen LogP contribution >= 0.6 is 0 Å². The Bertz CT molecular complexity index is 682. The van der Waals surface area contributed by atoms with Gasteiger partial charge in [-0.2, -0.15) is 5.10 Å². The average Bonchev–Trinajstić information content (AvgIpc) is 3.15. The molecule has 0 amide bonds. The standard InChI is InChI=1S/C18H26N6O2/c1-2-26-17(25)16-6-9-21-24(16)11-4-3-10-22-12-14-23(15-13-22)18-19-7-5-8-20-18/h5-9H,2-4,10-15H2,1H3. The summed E-state index contributed by atoms with van der Waals surface area (Å²) in [5.41, 5.74) is 0.531. The fraction of sp³-hybridized carbons (Fsp3) is 0.556. The third kappa shape index (κ3) is 4.78. The number of aryl methyl sites for hydroxylation is 1. The van der Waals surface area contributed by atoms with Gasteiger partial charge in [0.2, 0.25) is 5.95 Å². The number of nitrogens with zero attached hydrogens (tertiary/aromatic N) is 6. The number of hydrogen-bond acceptors (Lipinski definition) is 7. The van der Waals surface area contributed by atoms with Crippen molar-refractivity contribution in [1.82, 2.24) is 24.6 Å². The SMILES string of the molecule is CCOC(=O)c1ccnn1CCCCN1CCN(c2ncccn2)CC1. The van der Waals surface area contributed by atoms with E-state index >= 15 is 0 Å². The van der Waals surface area contributed by atoms with Gasteiger partial charge in [0.15, 0.2) is 0 Å². The summed E-state index contributed by atoms with van der Waals surface area (Å²) in [6.45, 7) is 7.93. The minimum Gasteiger partial charge on any atom is -0.461 e. The summed E-state index contributed by atoms with van der Waals surface area (Å²) in [6, 6.07) is 3.55. The minimum absolute atomic E-state index is 0.302. The Morgan fingerprint density at radius 2 is 1.81 bits per heavy atom. The smallest absolute Gasteiger partial charge is 0.356 e. The van der Waals surface area contributed by atoms with Crippen molar-refractivity contribution in [3.8, 4) is 0 Å². The topological polar surface area (TPSA) is 76.4 Å². The van der Waals surface area contributed by atoms with Crippen molar-refractivity contribution in [3.63, 3.8) is 0 Å². The van der Waals surface area contributed by atoms with Crippen molar-refractivity contribution < 1.29 is 9.53 Å². The number of piperazine rings is 1. The molecule has 140 valence electrons. The Balaban J connectivity index is 1.36. The van der Waals surface area contributed by atoms with Crippen LogP contribution in [0.4, 0.5) is 5.95 Å². The molecule has 0 unspecified atom stereocenters. The fourth-order valence-electron chi connectivity index (χ4n) is 3.11. The predicted octanol–water partition coefficient (Wildman–Crippen LogP) is 1.45. The third-order valence-corrected chi connectivity index (χ3v) is 4.50. The zero-order valence-corrected chi connectivity index (χ0v) is 15.3. The van der Waals surface area contributed by atoms with Crippen molar-refractivity contribution in [2.45, 2.75) is 26.3 Å². The molecule has 1 fully saturated rings. The molecule has 1 saturated heterocycles. The number of esters is 1. The van der Waals surface area contributed by atoms with E-state index < -0.39 is 0 Å². The molecule has 0 radical (unpaired) electrons. The van der Waals surface area contributed by atoms with Gasteiger partial charge in [-0.3, -0.25) is 9.58 Å². The van der Waals surface area contributed by atoms with Crippen LogP contribution in [0.1, 0.15) is 30.3 Å². The monoisotopic (exact) mass is 358 g/mol. The summed E-state index contributed by atoms with van der Waals surface area (Å²) in [7, 11) is 0. The maximum Gasteiger partial charge on any atom is 0.356 e. The fourth-order valence-corrected chi connectivity index (χ4v) is 3.11. The second-order valence-corrected chi connectivity index (χ2v) is 6.24. The molecule has 0 aliphatic carbocycles. The number of unbranched alkanes of at least 4 members (excludes halogenated alkanes) is 1. The van der Waals surface area contributed by atoms with Crippen LogP contribution in [0, 0.1) is 0 Å². The molecule has 1 aliphatic rings. The first-order chi connectivity index (χ1) is 12.8. The maximum absolute atomic E-state index is 11.8. The molecule has 0 saturated carbocycles. The normalized spacial score (nSPS) is 15.2. The Morgan fingerprint density at radius 3 is 2.54 bits per heavy atom. The number of carbonyl (C=O) groups excluding carboxylic acids is 1. The van der Waals surface area contributed by atoms with Crippen molar-refractivity contribution in [3.05, 3.63) is 36.4 Å². The lowest BCUT2D eigenvalue weighted by Gasteiger charge is -2.34. The van der Waals surface area contributed by atoms with Crippen LogP contribution in [0.5, 0.6) is 0 Å². The molecule has 2 aromatic heterocycles. The average molecular weight is 358 g/mol. The number of hydrogen-bond donors (Lipinski definition) is 0. The van der Waals surface area contributed by atoms with Gasteiger partial charge < -0.3 is 9.64 Å². The van der Waals surface area contributed by atoms with Gasteiger partial charge in [0.1, 0.15) is 5.69 Å². The molecule has 0 aromatic carbocycles. The second kappa shape index (κ2) is 9.28. The van der Waals surface area contributed by atoms with Crippen molar-refractivity contribution >= 4 is 11.9 Å². The molecule has 0 atom stereocenters. The molecule has 3 heterocycles. The Morgan fingerprint density at radius 1 is 1.08 bits per heavy atom. The van der Waals surface area contributed by atoms with Gasteiger partial charge in [-0.05, 0) is 38.4 Å². The van der Waals surface area contributed by atoms with E-state index in [9.17, 15) is 4.79 Å². The molecule has 0 bridgehead atoms. The van der Waals surface area contributed by atoms with Gasteiger partial charge in [0, 0.05) is 51.3 Å². The van der Waals surface area contributed by atoms with Crippen molar-refractivity contribution in [1.29, 1.82) is 0 Å². The molecule has 8 nitrogen and oxygen atoms in total. The number of carbonyl (C=O) groups is 1. The van der Waals surface area contributed by atoms with Crippen LogP contribution in [0.2, 0.25) is 0 Å². The lowest BCUT2D eigenvalue weighted by Crippen LogP contribution is -2.47. The van der Waals surface area contributed by atoms with Crippen LogP contribution in [0.15, 0.2) is 30.7 Å². The van der Waals surface area contributed by atoms with Crippen LogP contribution in [-0.2, 0) is 11.3 Å². The van der Waals surface area contributed by atoms with Gasteiger partial charge in [0.05, 0.1) is 6.61 Å². The van der Waals surface area contributed by atoms with Gasteiger partial charge >= 0.3 is 5.97 Å². The summed E-state index contributed by atoms with van der Waals surface area (Å²) in [5, 5.41) is 4.23. The molecule has 1 aliphatic heterocycles. The van der Waals surface area contributed by atoms with E-state index in [1.54, 1.807) is 29.3 Å². The molecule has 8 heteroatoms. The second-order valence-electron chi connectivity index (χ2n) is 6.24. The highest BCUT2D eigenvalue weighted by molar-refractivity contribution is 5.87. The van der Waals surface area contributed by atoms with Crippen LogP contribution < -0.4 is 4.90 Å². The Labute approximate surface area is 153 Å². The number of rotatable bonds is 8. The van der Waals surface area contributed by atoms with E-state index in [0.29, 0.717) is 12.3 Å². The summed E-state index contributed by atoms with van der Waals surface area (Å²) >= 11 is 0. The highest BCUT2D eigenvalue weighted by Gasteiger charge is 2.18. The van der Waals surface area contributed by atoms with E-state index in [-0.39, 0.29) is 5.97 Å². The van der Waals surface area contributed by atoms with E-state index in [4.69, 9.17) is 4.74 Å². The highest BCUT2D eigenvalue weighted by atomic mass is 16.5. The van der Waals surface area contributed by atoms with Crippen LogP contribution in [0.3, 0.4) is 0 Å². The van der Waals surface area contributed by atoms with Crippen molar-refractivity contribution in [2.24, 2.45) is 0 Å². The molecular weight excluding hydrogens is 332 g/mol. The molecule has 0 N–H and O–H groups in total. The Hall–Kier alpha value is -2.48. The van der Waals surface area contributed by atoms with E-state index in [0.717, 1.165) is 58.1 Å². The molecular formula is C18H26N6O2. The summed E-state index contributed by atoms with van der Waals surface area (Å²) < 4.78 is 6.79. The van der Waals surface area contributed by atoms with Gasteiger partial charge in [-0.15, -0.1) is 0 Å². The number of anilines is 1. The van der Waals surface area contributed by atoms with E-state index in [1.807, 2.05) is 13.0 Å². The van der Waals surface area contributed by atoms with Gasteiger partial charge in [-0.1, -0.05) is 0 Å². The number of ether oxygens (including phenoxy) is 1. The first kappa shape index (κ1) is 18.3. The van der Waals surface area contributed by atoms with Crippen molar-refractivity contribution in [2.75, 3.05) is 44.2 Å². The van der Waals surface area contributed by atoms with Crippen LogP contribution in [-0.4, -0.2) is 69.9 Å². The summed E-state index contributed by atoms with van der Waals surface area (Å²) in [4.78, 5) is 25.2. The maximum atomic E-state index is 11.8. The van der Waals surface area contributed by atoms with Crippen LogP contribution in [0.25, 0.3) is 0 Å².